The molecule has 2 heterocycles. The van der Waals surface area contributed by atoms with E-state index in [1.165, 1.54) is 0 Å². The molecule has 0 radical (unpaired) electrons. The summed E-state index contributed by atoms with van der Waals surface area (Å²) in [7, 11) is -4.14. The molecule has 4 rings (SSSR count). The van der Waals surface area contributed by atoms with Crippen LogP contribution in [0.5, 0.6) is 0 Å². The van der Waals surface area contributed by atoms with Crippen LogP contribution in [0.15, 0.2) is 53.4 Å². The first kappa shape index (κ1) is 19.2. The molecule has 1 fully saturated rings. The number of anilines is 1. The van der Waals surface area contributed by atoms with Crippen LogP contribution in [-0.2, 0) is 14.6 Å². The van der Waals surface area contributed by atoms with E-state index in [1.54, 1.807) is 18.2 Å². The first-order valence-corrected chi connectivity index (χ1v) is 10.5. The molecule has 7 nitrogen and oxygen atoms in total. The van der Waals surface area contributed by atoms with Crippen LogP contribution in [-0.4, -0.2) is 44.7 Å². The Labute approximate surface area is 167 Å². The number of sulfone groups is 1. The van der Waals surface area contributed by atoms with E-state index in [2.05, 4.69) is 9.97 Å². The van der Waals surface area contributed by atoms with Crippen LogP contribution >= 0.6 is 0 Å². The van der Waals surface area contributed by atoms with Gasteiger partial charge in [0.1, 0.15) is 11.5 Å². The van der Waals surface area contributed by atoms with Crippen molar-refractivity contribution in [3.05, 3.63) is 60.0 Å². The summed E-state index contributed by atoms with van der Waals surface area (Å²) in [6, 6.07) is 13.4. The maximum Gasteiger partial charge on any atom is 0.200 e. The average molecular weight is 412 g/mol. The molecule has 1 aromatic heterocycles. The number of nitriles is 1. The number of hydrogen-bond acceptors (Lipinski definition) is 7. The van der Waals surface area contributed by atoms with Crippen molar-refractivity contribution in [2.24, 2.45) is 0 Å². The van der Waals surface area contributed by atoms with Gasteiger partial charge in [0, 0.05) is 13.1 Å². The smallest absolute Gasteiger partial charge is 0.200 e. The normalized spacial score (nSPS) is 15.8. The van der Waals surface area contributed by atoms with Gasteiger partial charge in [0.2, 0.25) is 9.84 Å². The molecule has 9 heteroatoms. The molecular weight excluding hydrogens is 395 g/mol. The lowest BCUT2D eigenvalue weighted by Gasteiger charge is -2.30. The Balaban J connectivity index is 1.89. The number of morpholine rings is 1. The van der Waals surface area contributed by atoms with E-state index in [0.29, 0.717) is 43.2 Å². The topological polar surface area (TPSA) is 96.2 Å². The fraction of sp³-hybridized carbons (Fsp3) is 0.250. The SMILES string of the molecule is N#C[C@H](c1nc2ccccc2nc1N1CCOCC1)S(=O)(=O)c1ccc(F)cc1. The second kappa shape index (κ2) is 7.73. The van der Waals surface area contributed by atoms with Gasteiger partial charge in [-0.15, -0.1) is 0 Å². The first-order chi connectivity index (χ1) is 14.0. The second-order valence-electron chi connectivity index (χ2n) is 6.53. The van der Waals surface area contributed by atoms with Crippen molar-refractivity contribution >= 4 is 26.7 Å². The van der Waals surface area contributed by atoms with Crippen molar-refractivity contribution in [3.63, 3.8) is 0 Å². The highest BCUT2D eigenvalue weighted by Crippen LogP contribution is 2.34. The molecule has 148 valence electrons. The summed E-state index contributed by atoms with van der Waals surface area (Å²) >= 11 is 0. The van der Waals surface area contributed by atoms with Gasteiger partial charge in [-0.3, -0.25) is 0 Å². The second-order valence-corrected chi connectivity index (χ2v) is 8.56. The van der Waals surface area contributed by atoms with Crippen LogP contribution < -0.4 is 4.90 Å². The number of fused-ring (bicyclic) bond motifs is 1. The van der Waals surface area contributed by atoms with Crippen molar-refractivity contribution in [1.29, 1.82) is 5.26 Å². The van der Waals surface area contributed by atoms with Crippen LogP contribution in [0, 0.1) is 17.1 Å². The van der Waals surface area contributed by atoms with Gasteiger partial charge < -0.3 is 9.64 Å². The molecule has 1 saturated heterocycles. The summed E-state index contributed by atoms with van der Waals surface area (Å²) in [5.74, 6) is -0.207. The third kappa shape index (κ3) is 3.64. The molecule has 1 aliphatic heterocycles. The molecule has 0 saturated carbocycles. The molecular formula is C20H17FN4O3S. The lowest BCUT2D eigenvalue weighted by atomic mass is 10.2. The van der Waals surface area contributed by atoms with Gasteiger partial charge >= 0.3 is 0 Å². The third-order valence-electron chi connectivity index (χ3n) is 4.71. The molecule has 1 aliphatic rings. The Morgan fingerprint density at radius 3 is 2.28 bits per heavy atom. The van der Waals surface area contributed by atoms with Crippen molar-refractivity contribution in [2.75, 3.05) is 31.2 Å². The first-order valence-electron chi connectivity index (χ1n) is 8.99. The number of hydrogen-bond donors (Lipinski definition) is 0. The zero-order valence-electron chi connectivity index (χ0n) is 15.3. The summed E-state index contributed by atoms with van der Waals surface area (Å²) in [4.78, 5) is 10.9. The van der Waals surface area contributed by atoms with Gasteiger partial charge in [-0.25, -0.2) is 22.8 Å². The van der Waals surface area contributed by atoms with Gasteiger partial charge in [-0.05, 0) is 36.4 Å². The van der Waals surface area contributed by atoms with E-state index in [4.69, 9.17) is 4.74 Å². The predicted molar refractivity (Wildman–Crippen MR) is 105 cm³/mol. The molecule has 0 aliphatic carbocycles. The minimum atomic E-state index is -4.14. The molecule has 29 heavy (non-hydrogen) atoms. The van der Waals surface area contributed by atoms with E-state index < -0.39 is 20.9 Å². The number of halogens is 1. The minimum absolute atomic E-state index is 0.0671. The van der Waals surface area contributed by atoms with Crippen LogP contribution in [0.3, 0.4) is 0 Å². The van der Waals surface area contributed by atoms with Gasteiger partial charge in [0.15, 0.2) is 11.1 Å². The van der Waals surface area contributed by atoms with Crippen LogP contribution in [0.25, 0.3) is 11.0 Å². The Bertz CT molecular complexity index is 1190. The number of ether oxygens (including phenoxy) is 1. The summed E-state index contributed by atoms with van der Waals surface area (Å²) in [6.07, 6.45) is 0. The van der Waals surface area contributed by atoms with Crippen LogP contribution in [0.2, 0.25) is 0 Å². The third-order valence-corrected chi connectivity index (χ3v) is 6.59. The van der Waals surface area contributed by atoms with Gasteiger partial charge in [0.25, 0.3) is 0 Å². The number of rotatable bonds is 4. The summed E-state index contributed by atoms with van der Waals surface area (Å²) in [6.45, 7) is 1.95. The van der Waals surface area contributed by atoms with Crippen molar-refractivity contribution in [2.45, 2.75) is 10.1 Å². The lowest BCUT2D eigenvalue weighted by molar-refractivity contribution is 0.122. The van der Waals surface area contributed by atoms with Crippen molar-refractivity contribution in [3.8, 4) is 6.07 Å². The molecule has 0 amide bonds. The molecule has 0 unspecified atom stereocenters. The van der Waals surface area contributed by atoms with E-state index >= 15 is 0 Å². The lowest BCUT2D eigenvalue weighted by Crippen LogP contribution is -2.38. The van der Waals surface area contributed by atoms with Gasteiger partial charge in [-0.1, -0.05) is 12.1 Å². The number of benzene rings is 2. The maximum absolute atomic E-state index is 13.3. The zero-order chi connectivity index (χ0) is 20.4. The highest BCUT2D eigenvalue weighted by molar-refractivity contribution is 7.92. The van der Waals surface area contributed by atoms with Gasteiger partial charge in [0.05, 0.1) is 35.2 Å². The van der Waals surface area contributed by atoms with Crippen molar-refractivity contribution < 1.29 is 17.5 Å². The number of nitrogens with zero attached hydrogens (tertiary/aromatic N) is 4. The number of para-hydroxylation sites is 2. The zero-order valence-corrected chi connectivity index (χ0v) is 16.1. The molecule has 0 spiro atoms. The average Bonchev–Trinajstić information content (AvgIpc) is 2.74. The Kier molecular flexibility index (Phi) is 5.13. The van der Waals surface area contributed by atoms with E-state index in [1.807, 2.05) is 17.0 Å². The Hall–Kier alpha value is -3.09. The van der Waals surface area contributed by atoms with E-state index in [-0.39, 0.29) is 10.6 Å². The standard InChI is InChI=1S/C20H17FN4O3S/c21-14-5-7-15(8-6-14)29(26,27)18(13-22)19-20(25-9-11-28-12-10-25)24-17-4-2-1-3-16(17)23-19/h1-8,18H,9-12H2/t18-/m1/s1. The van der Waals surface area contributed by atoms with Crippen molar-refractivity contribution in [1.82, 2.24) is 9.97 Å². The molecule has 0 bridgehead atoms. The highest BCUT2D eigenvalue weighted by Gasteiger charge is 2.35. The fourth-order valence-electron chi connectivity index (χ4n) is 3.23. The predicted octanol–water partition coefficient (Wildman–Crippen LogP) is 2.64. The van der Waals surface area contributed by atoms with E-state index in [0.717, 1.165) is 24.3 Å². The monoisotopic (exact) mass is 412 g/mol. The minimum Gasteiger partial charge on any atom is -0.378 e. The quantitative estimate of drug-likeness (QED) is 0.608. The molecule has 2 aromatic carbocycles. The fourth-order valence-corrected chi connectivity index (χ4v) is 4.60. The Morgan fingerprint density at radius 2 is 1.66 bits per heavy atom. The summed E-state index contributed by atoms with van der Waals surface area (Å²) < 4.78 is 45.0. The molecule has 1 atom stereocenters. The van der Waals surface area contributed by atoms with Gasteiger partial charge in [-0.2, -0.15) is 5.26 Å². The largest absolute Gasteiger partial charge is 0.378 e. The van der Waals surface area contributed by atoms with Crippen LogP contribution in [0.1, 0.15) is 10.9 Å². The van der Waals surface area contributed by atoms with Crippen LogP contribution in [0.4, 0.5) is 10.2 Å². The summed E-state index contributed by atoms with van der Waals surface area (Å²) in [5.41, 5.74) is 1.17. The molecule has 3 aromatic rings. The highest BCUT2D eigenvalue weighted by atomic mass is 32.2. The number of aromatic nitrogens is 2. The Morgan fingerprint density at radius 1 is 1.03 bits per heavy atom. The summed E-state index contributed by atoms with van der Waals surface area (Å²) in [5, 5.41) is 8.23. The molecule has 0 N–H and O–H groups in total. The maximum atomic E-state index is 13.3. The van der Waals surface area contributed by atoms with E-state index in [9.17, 15) is 18.1 Å².